The van der Waals surface area contributed by atoms with Gasteiger partial charge < -0.3 is 0 Å². The molecular formula is C27H25N2O2S. The summed E-state index contributed by atoms with van der Waals surface area (Å²) in [5.74, 6) is 0.965. The van der Waals surface area contributed by atoms with Crippen molar-refractivity contribution >= 4 is 9.84 Å². The van der Waals surface area contributed by atoms with Crippen LogP contribution in [0.4, 0.5) is 0 Å². The second-order valence-electron chi connectivity index (χ2n) is 8.01. The van der Waals surface area contributed by atoms with Gasteiger partial charge in [-0.25, -0.2) is 18.4 Å². The summed E-state index contributed by atoms with van der Waals surface area (Å²) in [4.78, 5) is 9.19. The van der Waals surface area contributed by atoms with Crippen molar-refractivity contribution in [1.29, 1.82) is 0 Å². The molecule has 32 heavy (non-hydrogen) atoms. The summed E-state index contributed by atoms with van der Waals surface area (Å²) in [6.45, 7) is 4.06. The van der Waals surface area contributed by atoms with E-state index >= 15 is 0 Å². The van der Waals surface area contributed by atoms with E-state index in [1.807, 2.05) is 80.6 Å². The molecule has 4 aromatic rings. The first-order valence-corrected chi connectivity index (χ1v) is 12.4. The van der Waals surface area contributed by atoms with Crippen LogP contribution in [0, 0.1) is 5.92 Å². The average Bonchev–Trinajstić information content (AvgIpc) is 2.80. The van der Waals surface area contributed by atoms with Crippen LogP contribution in [-0.2, 0) is 9.84 Å². The quantitative estimate of drug-likeness (QED) is 0.361. The maximum atomic E-state index is 12.5. The standard InChI is InChI=1S/C27H25N2O2S/c1-19(2)25-24(23(20-13-7-4-8-14-20)21-15-9-5-10-16-21)26(22-17-11-6-12-18-22)29-27(28-25)32(3,30)31/h4-19H,1-3H3. The molecule has 0 N–H and O–H groups in total. The number of nitrogens with zero attached hydrogens (tertiary/aromatic N) is 2. The molecule has 0 aliphatic carbocycles. The molecule has 5 heteroatoms. The molecule has 0 fully saturated rings. The first-order valence-electron chi connectivity index (χ1n) is 10.5. The van der Waals surface area contributed by atoms with Crippen LogP contribution in [0.25, 0.3) is 11.3 Å². The van der Waals surface area contributed by atoms with Crippen LogP contribution < -0.4 is 0 Å². The van der Waals surface area contributed by atoms with E-state index in [4.69, 9.17) is 0 Å². The number of aromatic nitrogens is 2. The molecule has 4 nitrogen and oxygen atoms in total. The summed E-state index contributed by atoms with van der Waals surface area (Å²) >= 11 is 0. The summed E-state index contributed by atoms with van der Waals surface area (Å²) in [5, 5.41) is -0.149. The smallest absolute Gasteiger partial charge is 0.223 e. The molecule has 161 valence electrons. The summed E-state index contributed by atoms with van der Waals surface area (Å²) < 4.78 is 25.0. The molecular weight excluding hydrogens is 416 g/mol. The van der Waals surface area contributed by atoms with Gasteiger partial charge in [-0.1, -0.05) is 105 Å². The highest BCUT2D eigenvalue weighted by Crippen LogP contribution is 2.40. The van der Waals surface area contributed by atoms with Gasteiger partial charge in [0.25, 0.3) is 0 Å². The van der Waals surface area contributed by atoms with E-state index in [1.54, 1.807) is 0 Å². The molecule has 0 atom stereocenters. The molecule has 3 aromatic carbocycles. The SMILES string of the molecule is CC(C)c1nc(S(C)(=O)=O)nc(-c2ccccc2)c1[C](c1ccccc1)c1ccccc1. The first-order chi connectivity index (χ1) is 15.4. The Hall–Kier alpha value is -3.31. The van der Waals surface area contributed by atoms with E-state index in [0.29, 0.717) is 11.4 Å². The summed E-state index contributed by atoms with van der Waals surface area (Å²) in [6, 6.07) is 29.9. The summed E-state index contributed by atoms with van der Waals surface area (Å²) in [5.41, 5.74) is 5.08. The number of rotatable bonds is 6. The van der Waals surface area contributed by atoms with E-state index < -0.39 is 9.84 Å². The molecule has 4 rings (SSSR count). The highest BCUT2D eigenvalue weighted by molar-refractivity contribution is 7.90. The normalized spacial score (nSPS) is 11.8. The Balaban J connectivity index is 2.13. The first kappa shape index (κ1) is 21.9. The van der Waals surface area contributed by atoms with Crippen molar-refractivity contribution in [3.8, 4) is 11.3 Å². The molecule has 0 saturated carbocycles. The molecule has 0 aliphatic rings. The largest absolute Gasteiger partial charge is 0.247 e. The number of sulfone groups is 1. The number of benzene rings is 3. The van der Waals surface area contributed by atoms with Crippen molar-refractivity contribution in [3.05, 3.63) is 119 Å². The molecule has 0 bridgehead atoms. The Kier molecular flexibility index (Phi) is 6.19. The summed E-state index contributed by atoms with van der Waals surface area (Å²) in [7, 11) is -3.59. The Bertz CT molecular complexity index is 1260. The van der Waals surface area contributed by atoms with E-state index in [9.17, 15) is 8.42 Å². The van der Waals surface area contributed by atoms with Gasteiger partial charge in [-0.15, -0.1) is 0 Å². The second-order valence-corrected chi connectivity index (χ2v) is 9.92. The van der Waals surface area contributed by atoms with Gasteiger partial charge >= 0.3 is 0 Å². The maximum absolute atomic E-state index is 12.5. The predicted octanol–water partition coefficient (Wildman–Crippen LogP) is 5.69. The fraction of sp³-hybridized carbons (Fsp3) is 0.148. The zero-order valence-electron chi connectivity index (χ0n) is 18.4. The van der Waals surface area contributed by atoms with Crippen molar-refractivity contribution in [3.63, 3.8) is 0 Å². The van der Waals surface area contributed by atoms with E-state index in [1.165, 1.54) is 0 Å². The van der Waals surface area contributed by atoms with E-state index in [2.05, 4.69) is 34.2 Å². The molecule has 1 aromatic heterocycles. The van der Waals surface area contributed by atoms with Crippen molar-refractivity contribution in [2.75, 3.05) is 6.26 Å². The van der Waals surface area contributed by atoms with Gasteiger partial charge in [0.15, 0.2) is 0 Å². The lowest BCUT2D eigenvalue weighted by atomic mass is 9.80. The fourth-order valence-corrected chi connectivity index (χ4v) is 4.28. The van der Waals surface area contributed by atoms with Crippen LogP contribution in [0.1, 0.15) is 42.1 Å². The van der Waals surface area contributed by atoms with E-state index in [0.717, 1.165) is 34.4 Å². The Morgan fingerprint density at radius 2 is 1.19 bits per heavy atom. The van der Waals surface area contributed by atoms with Gasteiger partial charge in [-0.05, 0) is 17.0 Å². The Morgan fingerprint density at radius 1 is 0.719 bits per heavy atom. The van der Waals surface area contributed by atoms with Gasteiger partial charge in [0.1, 0.15) is 0 Å². The van der Waals surface area contributed by atoms with Crippen molar-refractivity contribution in [1.82, 2.24) is 9.97 Å². The topological polar surface area (TPSA) is 59.9 Å². The third-order valence-electron chi connectivity index (χ3n) is 5.22. The lowest BCUT2D eigenvalue weighted by molar-refractivity contribution is 0.590. The van der Waals surface area contributed by atoms with Crippen molar-refractivity contribution in [2.45, 2.75) is 24.9 Å². The average molecular weight is 442 g/mol. The maximum Gasteiger partial charge on any atom is 0.247 e. The van der Waals surface area contributed by atoms with Crippen molar-refractivity contribution in [2.24, 2.45) is 0 Å². The molecule has 1 heterocycles. The molecule has 0 aliphatic heterocycles. The zero-order valence-corrected chi connectivity index (χ0v) is 19.2. The van der Waals surface area contributed by atoms with Crippen LogP contribution in [0.5, 0.6) is 0 Å². The highest BCUT2D eigenvalue weighted by atomic mass is 32.2. The van der Waals surface area contributed by atoms with Crippen molar-refractivity contribution < 1.29 is 8.42 Å². The number of hydrogen-bond donors (Lipinski definition) is 0. The minimum atomic E-state index is -3.59. The zero-order chi connectivity index (χ0) is 22.7. The van der Waals surface area contributed by atoms with Gasteiger partial charge in [0.2, 0.25) is 15.0 Å². The third kappa shape index (κ3) is 4.48. The molecule has 0 amide bonds. The van der Waals surface area contributed by atoms with Crippen LogP contribution in [0.15, 0.2) is 96.2 Å². The minimum Gasteiger partial charge on any atom is -0.223 e. The minimum absolute atomic E-state index is 0.0154. The lowest BCUT2D eigenvalue weighted by Crippen LogP contribution is -2.17. The molecule has 1 radical (unpaired) electrons. The highest BCUT2D eigenvalue weighted by Gasteiger charge is 2.30. The van der Waals surface area contributed by atoms with Crippen LogP contribution in [0.2, 0.25) is 0 Å². The van der Waals surface area contributed by atoms with Gasteiger partial charge in [-0.3, -0.25) is 0 Å². The predicted molar refractivity (Wildman–Crippen MR) is 128 cm³/mol. The molecule has 0 unspecified atom stereocenters. The van der Waals surface area contributed by atoms with Gasteiger partial charge in [0.05, 0.1) is 17.3 Å². The summed E-state index contributed by atoms with van der Waals surface area (Å²) in [6.07, 6.45) is 1.15. The number of hydrogen-bond acceptors (Lipinski definition) is 4. The molecule has 0 saturated heterocycles. The van der Waals surface area contributed by atoms with Crippen LogP contribution >= 0.6 is 0 Å². The third-order valence-corrected chi connectivity index (χ3v) is 6.06. The second kappa shape index (κ2) is 9.05. The van der Waals surface area contributed by atoms with E-state index in [-0.39, 0.29) is 11.1 Å². The Labute approximate surface area is 189 Å². The Morgan fingerprint density at radius 3 is 1.62 bits per heavy atom. The molecule has 0 spiro atoms. The fourth-order valence-electron chi connectivity index (χ4n) is 3.76. The monoisotopic (exact) mass is 441 g/mol. The van der Waals surface area contributed by atoms with Crippen LogP contribution in [-0.4, -0.2) is 24.6 Å². The van der Waals surface area contributed by atoms with Crippen LogP contribution in [0.3, 0.4) is 0 Å². The van der Waals surface area contributed by atoms with Gasteiger partial charge in [0, 0.05) is 17.4 Å². The lowest BCUT2D eigenvalue weighted by Gasteiger charge is -2.25. The van der Waals surface area contributed by atoms with Gasteiger partial charge in [-0.2, -0.15) is 0 Å².